The number of amides is 1. The van der Waals surface area contributed by atoms with E-state index < -0.39 is 102 Å². The second kappa shape index (κ2) is 9.38. The van der Waals surface area contributed by atoms with Crippen molar-refractivity contribution in [2.45, 2.75) is 62.5 Å². The SMILES string of the molecule is C[C@@H]1c2c(CS(C)(=O)=O)cc(C(C)(C)C)c(O)c2C(O)=C2C(=O)[C@@]3(O)C(O)=C(C(N)=O)C(=O)[C@H](N(C)C)[C@H]3[C@H](O)[C@H]21. The van der Waals surface area contributed by atoms with Gasteiger partial charge in [-0.3, -0.25) is 19.3 Å². The first-order valence-electron chi connectivity index (χ1n) is 13.0. The van der Waals surface area contributed by atoms with Gasteiger partial charge in [0.2, 0.25) is 5.78 Å². The summed E-state index contributed by atoms with van der Waals surface area (Å²) in [6.45, 7) is 6.85. The Labute approximate surface area is 237 Å². The smallest absolute Gasteiger partial charge is 0.255 e. The molecule has 0 radical (unpaired) electrons. The van der Waals surface area contributed by atoms with Gasteiger partial charge in [0.25, 0.3) is 5.91 Å². The molecule has 0 aliphatic heterocycles. The van der Waals surface area contributed by atoms with Crippen LogP contribution in [0, 0.1) is 11.8 Å². The monoisotopic (exact) mass is 592 g/mol. The van der Waals surface area contributed by atoms with Crippen LogP contribution >= 0.6 is 0 Å². The van der Waals surface area contributed by atoms with Crippen LogP contribution in [0.15, 0.2) is 23.0 Å². The molecule has 12 nitrogen and oxygen atoms in total. The van der Waals surface area contributed by atoms with E-state index in [0.717, 1.165) is 6.26 Å². The molecule has 1 saturated carbocycles. The Bertz CT molecular complexity index is 1570. The van der Waals surface area contributed by atoms with Gasteiger partial charge in [-0.2, -0.15) is 0 Å². The quantitative estimate of drug-likeness (QED) is 0.262. The number of rotatable bonds is 4. The van der Waals surface area contributed by atoms with Gasteiger partial charge >= 0.3 is 0 Å². The number of hydrogen-bond donors (Lipinski definition) is 6. The molecule has 6 atom stereocenters. The molecule has 3 aliphatic carbocycles. The molecule has 4 rings (SSSR count). The van der Waals surface area contributed by atoms with Crippen LogP contribution in [0.1, 0.15) is 55.9 Å². The summed E-state index contributed by atoms with van der Waals surface area (Å²) in [5.41, 5.74) is 0.505. The molecule has 224 valence electrons. The van der Waals surface area contributed by atoms with Crippen molar-refractivity contribution in [1.29, 1.82) is 0 Å². The number of aliphatic hydroxyl groups excluding tert-OH is 3. The third-order valence-corrected chi connectivity index (χ3v) is 9.37. The summed E-state index contributed by atoms with van der Waals surface area (Å²) in [6, 6.07) is 0.0412. The molecular formula is C28H36N2O10S. The van der Waals surface area contributed by atoms with Crippen molar-refractivity contribution in [3.8, 4) is 5.75 Å². The summed E-state index contributed by atoms with van der Waals surface area (Å²) in [7, 11) is -0.808. The Balaban J connectivity index is 2.14. The Morgan fingerprint density at radius 3 is 2.17 bits per heavy atom. The lowest BCUT2D eigenvalue weighted by atomic mass is 9.54. The molecule has 1 fully saturated rings. The maximum atomic E-state index is 14.2. The highest BCUT2D eigenvalue weighted by atomic mass is 32.2. The fourth-order valence-electron chi connectivity index (χ4n) is 6.84. The molecule has 0 aromatic heterocycles. The third kappa shape index (κ3) is 4.28. The molecule has 0 saturated heterocycles. The van der Waals surface area contributed by atoms with Gasteiger partial charge in [-0.05, 0) is 36.6 Å². The molecule has 1 aromatic rings. The molecule has 0 unspecified atom stereocenters. The van der Waals surface area contributed by atoms with Crippen molar-refractivity contribution in [1.82, 2.24) is 4.90 Å². The number of benzene rings is 1. The minimum Gasteiger partial charge on any atom is -0.508 e. The van der Waals surface area contributed by atoms with E-state index in [2.05, 4.69) is 0 Å². The van der Waals surface area contributed by atoms with E-state index in [1.807, 2.05) is 0 Å². The van der Waals surface area contributed by atoms with E-state index in [1.165, 1.54) is 25.1 Å². The van der Waals surface area contributed by atoms with Crippen LogP contribution in [-0.4, -0.2) is 94.4 Å². The number of nitrogens with two attached hydrogens (primary N) is 1. The van der Waals surface area contributed by atoms with Gasteiger partial charge in [0.05, 0.1) is 29.4 Å². The average molecular weight is 593 g/mol. The first-order chi connectivity index (χ1) is 18.6. The number of aliphatic hydroxyl groups is 4. The van der Waals surface area contributed by atoms with Crippen molar-refractivity contribution < 1.29 is 48.3 Å². The number of fused-ring (bicyclic) bond motifs is 3. The number of carbonyl (C=O) groups is 3. The molecule has 41 heavy (non-hydrogen) atoms. The van der Waals surface area contributed by atoms with Crippen LogP contribution in [-0.2, 0) is 35.4 Å². The zero-order valence-corrected chi connectivity index (χ0v) is 24.7. The number of Topliss-reactive ketones (excluding diaryl/α,β-unsaturated/α-hetero) is 2. The van der Waals surface area contributed by atoms with Gasteiger partial charge in [-0.25, -0.2) is 8.42 Å². The molecule has 0 heterocycles. The number of nitrogens with zero attached hydrogens (tertiary/aromatic N) is 1. The normalized spacial score (nSPS) is 30.3. The van der Waals surface area contributed by atoms with Crippen molar-refractivity contribution >= 4 is 33.1 Å². The largest absolute Gasteiger partial charge is 0.508 e. The first kappa shape index (κ1) is 30.7. The highest BCUT2D eigenvalue weighted by Crippen LogP contribution is 2.57. The average Bonchev–Trinajstić information content (AvgIpc) is 2.80. The zero-order chi connectivity index (χ0) is 31.3. The maximum Gasteiger partial charge on any atom is 0.255 e. The summed E-state index contributed by atoms with van der Waals surface area (Å²) in [5.74, 6) is -10.6. The lowest BCUT2D eigenvalue weighted by molar-refractivity contribution is -0.169. The fraction of sp³-hybridized carbons (Fsp3) is 0.536. The molecule has 7 N–H and O–H groups in total. The first-order valence-corrected chi connectivity index (χ1v) is 15.0. The van der Waals surface area contributed by atoms with E-state index in [4.69, 9.17) is 5.73 Å². The van der Waals surface area contributed by atoms with Crippen molar-refractivity contribution in [3.63, 3.8) is 0 Å². The standard InChI is InChI=1S/C28H36N2O10S/c1-10-13-11(9-41(7,39)40)8-12(27(2,3)4)20(31)15(13)21(32)16-14(10)22(33)18-19(30(5)6)23(34)17(26(29)37)25(36)28(18,38)24(16)35/h8,10,14,18-19,22,31-33,36,38H,9H2,1-7H3,(H2,29,37)/t10-,14+,18+,19-,22-,28-/m1/s1. The highest BCUT2D eigenvalue weighted by molar-refractivity contribution is 7.89. The molecule has 0 bridgehead atoms. The second-order valence-electron chi connectivity index (χ2n) is 12.6. The van der Waals surface area contributed by atoms with Gasteiger partial charge in [-0.1, -0.05) is 33.8 Å². The van der Waals surface area contributed by atoms with Crippen LogP contribution < -0.4 is 5.73 Å². The molecule has 1 amide bonds. The van der Waals surface area contributed by atoms with Gasteiger partial charge in [0.15, 0.2) is 21.2 Å². The molecular weight excluding hydrogens is 556 g/mol. The van der Waals surface area contributed by atoms with E-state index in [9.17, 15) is 48.3 Å². The summed E-state index contributed by atoms with van der Waals surface area (Å²) < 4.78 is 24.9. The highest BCUT2D eigenvalue weighted by Gasteiger charge is 2.68. The van der Waals surface area contributed by atoms with Gasteiger partial charge in [0.1, 0.15) is 22.8 Å². The predicted octanol–water partition coefficient (Wildman–Crippen LogP) is 0.338. The van der Waals surface area contributed by atoms with Crippen molar-refractivity contribution in [3.05, 3.63) is 45.2 Å². The van der Waals surface area contributed by atoms with Crippen LogP contribution in [0.3, 0.4) is 0 Å². The number of hydrogen-bond acceptors (Lipinski definition) is 11. The number of phenolic OH excluding ortho intramolecular Hbond substituents is 1. The predicted molar refractivity (Wildman–Crippen MR) is 148 cm³/mol. The fourth-order valence-corrected chi connectivity index (χ4v) is 7.65. The molecule has 13 heteroatoms. The van der Waals surface area contributed by atoms with Crippen LogP contribution in [0.5, 0.6) is 5.75 Å². The maximum absolute atomic E-state index is 14.2. The summed E-state index contributed by atoms with van der Waals surface area (Å²) in [6.07, 6.45) is -0.751. The van der Waals surface area contributed by atoms with E-state index in [-0.39, 0.29) is 22.3 Å². The van der Waals surface area contributed by atoms with Crippen LogP contribution in [0.4, 0.5) is 0 Å². The minimum atomic E-state index is -3.64. The summed E-state index contributed by atoms with van der Waals surface area (Å²) >= 11 is 0. The Hall–Kier alpha value is -3.26. The van der Waals surface area contributed by atoms with Crippen LogP contribution in [0.2, 0.25) is 0 Å². The molecule has 1 aromatic carbocycles. The molecule has 0 spiro atoms. The van der Waals surface area contributed by atoms with E-state index in [0.29, 0.717) is 0 Å². The van der Waals surface area contributed by atoms with E-state index in [1.54, 1.807) is 27.7 Å². The number of sulfone groups is 1. The number of primary amides is 1. The number of aromatic hydroxyl groups is 1. The van der Waals surface area contributed by atoms with Crippen LogP contribution in [0.25, 0.3) is 5.76 Å². The van der Waals surface area contributed by atoms with Gasteiger partial charge < -0.3 is 31.3 Å². The van der Waals surface area contributed by atoms with Gasteiger partial charge in [0, 0.05) is 23.3 Å². The summed E-state index contributed by atoms with van der Waals surface area (Å²) in [5, 5.41) is 57.6. The molecule has 3 aliphatic rings. The Morgan fingerprint density at radius 2 is 1.71 bits per heavy atom. The third-order valence-electron chi connectivity index (χ3n) is 8.54. The Morgan fingerprint density at radius 1 is 1.15 bits per heavy atom. The topological polar surface area (TPSA) is 216 Å². The lowest BCUT2D eigenvalue weighted by Crippen LogP contribution is -2.70. The number of phenols is 1. The Kier molecular flexibility index (Phi) is 7.02. The number of carbonyl (C=O) groups excluding carboxylic acids is 3. The number of ketones is 2. The van der Waals surface area contributed by atoms with Crippen molar-refractivity contribution in [2.75, 3.05) is 20.4 Å². The van der Waals surface area contributed by atoms with E-state index >= 15 is 0 Å². The minimum absolute atomic E-state index is 0.186. The second-order valence-corrected chi connectivity index (χ2v) is 14.7. The van der Waals surface area contributed by atoms with Crippen molar-refractivity contribution in [2.24, 2.45) is 17.6 Å². The van der Waals surface area contributed by atoms with Gasteiger partial charge in [-0.15, -0.1) is 0 Å². The summed E-state index contributed by atoms with van der Waals surface area (Å²) in [4.78, 5) is 40.9. The zero-order valence-electron chi connectivity index (χ0n) is 23.9. The lowest BCUT2D eigenvalue weighted by Gasteiger charge is -2.54. The number of likely N-dealkylation sites (N-methyl/N-ethyl adjacent to an activating group) is 1.